The smallest absolute Gasteiger partial charge is 0.352 e. The summed E-state index contributed by atoms with van der Waals surface area (Å²) in [4.78, 5) is 42.3. The summed E-state index contributed by atoms with van der Waals surface area (Å²) in [7, 11) is -4.53. The molecule has 1 aromatic rings. The molecule has 3 N–H and O–H groups in total. The van der Waals surface area contributed by atoms with E-state index in [4.69, 9.17) is 14.5 Å². The average molecular weight is 329 g/mol. The number of aryl methyl sites for hydroxylation is 1. The van der Waals surface area contributed by atoms with Gasteiger partial charge in [-0.15, -0.1) is 0 Å². The zero-order chi connectivity index (χ0) is 14.9. The van der Waals surface area contributed by atoms with Gasteiger partial charge in [0.2, 0.25) is 0 Å². The van der Waals surface area contributed by atoms with Crippen molar-refractivity contribution in [3.05, 3.63) is 32.6 Å². The Morgan fingerprint density at radius 1 is 1.48 bits per heavy atom. The molecule has 0 bridgehead atoms. The number of rotatable bonds is 4. The number of nitrogens with one attached hydrogen (secondary N) is 1. The minimum Gasteiger partial charge on any atom is -0.352 e. The van der Waals surface area contributed by atoms with Crippen LogP contribution in [0, 0.1) is 6.92 Å². The Bertz CT molecular complexity index is 652. The zero-order valence-electron chi connectivity index (χ0n) is 11.7. The fourth-order valence-corrected chi connectivity index (χ4v) is 2.35. The Balaban J connectivity index is 0.00000220. The van der Waals surface area contributed by atoms with E-state index < -0.39 is 31.4 Å². The van der Waals surface area contributed by atoms with Gasteiger partial charge in [0.05, 0.1) is 12.7 Å². The van der Waals surface area contributed by atoms with Crippen LogP contribution in [0.2, 0.25) is 0 Å². The van der Waals surface area contributed by atoms with Crippen molar-refractivity contribution in [2.75, 3.05) is 6.61 Å². The number of H-pyrrole nitrogens is 1. The second-order valence-electron chi connectivity index (χ2n) is 4.56. The Labute approximate surface area is 141 Å². The minimum atomic E-state index is -4.53. The predicted octanol–water partition coefficient (Wildman–Crippen LogP) is -3.36. The fourth-order valence-electron chi connectivity index (χ4n) is 1.99. The molecule has 0 spiro atoms. The van der Waals surface area contributed by atoms with Crippen LogP contribution in [-0.2, 0) is 13.8 Å². The van der Waals surface area contributed by atoms with E-state index in [0.29, 0.717) is 18.4 Å². The Hall–Kier alpha value is -0.250. The molecular weight excluding hydrogens is 314 g/mol. The summed E-state index contributed by atoms with van der Waals surface area (Å²) in [5, 5.41) is 0. The van der Waals surface area contributed by atoms with Gasteiger partial charge in [-0.25, -0.2) is 9.36 Å². The maximum Gasteiger partial charge on any atom is 1.00 e. The first kappa shape index (κ1) is 18.8. The van der Waals surface area contributed by atoms with E-state index in [1.54, 1.807) is 6.92 Å². The van der Waals surface area contributed by atoms with Gasteiger partial charge in [0.15, 0.2) is 0 Å². The van der Waals surface area contributed by atoms with Gasteiger partial charge in [0.25, 0.3) is 5.56 Å². The van der Waals surface area contributed by atoms with Crippen molar-refractivity contribution in [2.24, 2.45) is 0 Å². The van der Waals surface area contributed by atoms with Crippen molar-refractivity contribution in [1.82, 2.24) is 9.55 Å². The standard InChI is InChI=1S/C10H15N2O7P.Na/c1-6-4-12(10(14)11-9(6)13)8-3-2-7(19-8)5-18-20(15,16)17;/h4,7-8H,2-3,5H2,1H3,(H,11,13,14)(H2,15,16,17);/q;+1. The molecule has 112 valence electrons. The summed E-state index contributed by atoms with van der Waals surface area (Å²) in [6.07, 6.45) is 1.30. The summed E-state index contributed by atoms with van der Waals surface area (Å²) in [5.74, 6) is 0. The zero-order valence-corrected chi connectivity index (χ0v) is 14.6. The first-order valence-corrected chi connectivity index (χ1v) is 7.47. The third kappa shape index (κ3) is 5.15. The number of aromatic nitrogens is 2. The van der Waals surface area contributed by atoms with Crippen LogP contribution in [-0.4, -0.2) is 32.0 Å². The van der Waals surface area contributed by atoms with Gasteiger partial charge < -0.3 is 14.5 Å². The maximum atomic E-state index is 11.7. The largest absolute Gasteiger partial charge is 1.00 e. The summed E-state index contributed by atoms with van der Waals surface area (Å²) in [6.45, 7) is 1.32. The quantitative estimate of drug-likeness (QED) is 0.388. The SMILES string of the molecule is Cc1cn(C2CCC(COP(=O)(O)O)O2)c(=O)[nH]c1=O.[Na+]. The molecule has 0 aliphatic carbocycles. The molecule has 1 aromatic heterocycles. The fraction of sp³-hybridized carbons (Fsp3) is 0.600. The second kappa shape index (κ2) is 7.34. The van der Waals surface area contributed by atoms with Gasteiger partial charge in [-0.3, -0.25) is 18.9 Å². The van der Waals surface area contributed by atoms with E-state index >= 15 is 0 Å². The van der Waals surface area contributed by atoms with Gasteiger partial charge >= 0.3 is 43.1 Å². The summed E-state index contributed by atoms with van der Waals surface area (Å²) < 4.78 is 21.7. The topological polar surface area (TPSA) is 131 Å². The monoisotopic (exact) mass is 329 g/mol. The van der Waals surface area contributed by atoms with Crippen molar-refractivity contribution in [3.63, 3.8) is 0 Å². The van der Waals surface area contributed by atoms with Crippen LogP contribution < -0.4 is 40.8 Å². The molecule has 2 heterocycles. The van der Waals surface area contributed by atoms with E-state index in [9.17, 15) is 14.2 Å². The van der Waals surface area contributed by atoms with Crippen LogP contribution in [0.3, 0.4) is 0 Å². The minimum absolute atomic E-state index is 0. The van der Waals surface area contributed by atoms with E-state index in [0.717, 1.165) is 0 Å². The number of phosphoric ester groups is 1. The third-order valence-electron chi connectivity index (χ3n) is 2.97. The van der Waals surface area contributed by atoms with Crippen LogP contribution in [0.1, 0.15) is 24.6 Å². The molecule has 9 nitrogen and oxygen atoms in total. The van der Waals surface area contributed by atoms with E-state index in [1.807, 2.05) is 0 Å². The molecule has 21 heavy (non-hydrogen) atoms. The number of nitrogens with zero attached hydrogens (tertiary/aromatic N) is 1. The predicted molar refractivity (Wildman–Crippen MR) is 67.2 cm³/mol. The molecule has 1 aliphatic rings. The van der Waals surface area contributed by atoms with Crippen molar-refractivity contribution < 1.29 is 53.2 Å². The number of hydrogen-bond acceptors (Lipinski definition) is 5. The van der Waals surface area contributed by atoms with Crippen molar-refractivity contribution in [2.45, 2.75) is 32.1 Å². The van der Waals surface area contributed by atoms with Crippen LogP contribution in [0.5, 0.6) is 0 Å². The van der Waals surface area contributed by atoms with E-state index in [-0.39, 0.29) is 36.2 Å². The van der Waals surface area contributed by atoms with E-state index in [1.165, 1.54) is 10.8 Å². The maximum absolute atomic E-state index is 11.7. The molecule has 0 radical (unpaired) electrons. The molecule has 2 unspecified atom stereocenters. The Kier molecular flexibility index (Phi) is 6.57. The van der Waals surface area contributed by atoms with Gasteiger partial charge in [-0.05, 0) is 19.8 Å². The third-order valence-corrected chi connectivity index (χ3v) is 3.46. The van der Waals surface area contributed by atoms with E-state index in [2.05, 4.69) is 9.51 Å². The number of phosphoric acid groups is 1. The Morgan fingerprint density at radius 2 is 2.14 bits per heavy atom. The number of ether oxygens (including phenoxy) is 1. The van der Waals surface area contributed by atoms with Crippen LogP contribution in [0.4, 0.5) is 0 Å². The molecule has 2 atom stereocenters. The van der Waals surface area contributed by atoms with Crippen LogP contribution in [0.15, 0.2) is 15.8 Å². The first-order valence-electron chi connectivity index (χ1n) is 5.94. The summed E-state index contributed by atoms with van der Waals surface area (Å²) in [5.41, 5.74) is -0.657. The molecule has 0 aromatic carbocycles. The molecule has 0 saturated carbocycles. The molecule has 0 amide bonds. The van der Waals surface area contributed by atoms with Gasteiger partial charge in [-0.2, -0.15) is 0 Å². The van der Waals surface area contributed by atoms with Gasteiger partial charge in [-0.1, -0.05) is 0 Å². The Morgan fingerprint density at radius 3 is 2.76 bits per heavy atom. The van der Waals surface area contributed by atoms with Crippen molar-refractivity contribution >= 4 is 7.82 Å². The van der Waals surface area contributed by atoms with Crippen molar-refractivity contribution in [1.29, 1.82) is 0 Å². The average Bonchev–Trinajstić information content (AvgIpc) is 2.79. The second-order valence-corrected chi connectivity index (χ2v) is 5.79. The first-order chi connectivity index (χ1) is 9.26. The van der Waals surface area contributed by atoms with Crippen molar-refractivity contribution in [3.8, 4) is 0 Å². The van der Waals surface area contributed by atoms with Crippen LogP contribution >= 0.6 is 7.82 Å². The normalized spacial score (nSPS) is 22.0. The summed E-state index contributed by atoms with van der Waals surface area (Å²) in [6, 6.07) is 0. The number of aromatic amines is 1. The molecule has 1 aliphatic heterocycles. The summed E-state index contributed by atoms with van der Waals surface area (Å²) >= 11 is 0. The van der Waals surface area contributed by atoms with Gasteiger partial charge in [0, 0.05) is 11.8 Å². The molecule has 11 heteroatoms. The molecule has 2 rings (SSSR count). The number of hydrogen-bond donors (Lipinski definition) is 3. The van der Waals surface area contributed by atoms with Crippen LogP contribution in [0.25, 0.3) is 0 Å². The molecule has 1 saturated heterocycles. The van der Waals surface area contributed by atoms with Gasteiger partial charge in [0.1, 0.15) is 6.23 Å². The molecular formula is C10H15N2NaO7P+. The molecule has 1 fully saturated rings.